The molecule has 0 aliphatic carbocycles. The van der Waals surface area contributed by atoms with Crippen molar-refractivity contribution in [2.24, 2.45) is 0 Å². The van der Waals surface area contributed by atoms with Gasteiger partial charge in [0.25, 0.3) is 0 Å². The van der Waals surface area contributed by atoms with Crippen LogP contribution in [0.4, 0.5) is 0 Å². The maximum absolute atomic E-state index is 9.59. The van der Waals surface area contributed by atoms with Gasteiger partial charge in [-0.2, -0.15) is 0 Å². The minimum absolute atomic E-state index is 0.359. The van der Waals surface area contributed by atoms with Crippen molar-refractivity contribution in [2.45, 2.75) is 13.2 Å². The largest absolute Gasteiger partial charge is 0.330 e. The van der Waals surface area contributed by atoms with Crippen molar-refractivity contribution in [1.29, 1.82) is 0 Å². The maximum atomic E-state index is 9.59. The standard InChI is InChI=1S/C14H15O3P.C3H3N3/c15-18(16-11-13-7-3-1-4-8-13)17-12-14-9-5-2-6-10-14;1-2-4-6-5-3-1/h1-10,15H,11-12H2;1-3H. The summed E-state index contributed by atoms with van der Waals surface area (Å²) in [5.41, 5.74) is 2.03. The van der Waals surface area contributed by atoms with Crippen molar-refractivity contribution in [3.8, 4) is 0 Å². The molecule has 0 radical (unpaired) electrons. The van der Waals surface area contributed by atoms with Gasteiger partial charge in [-0.3, -0.25) is 0 Å². The highest BCUT2D eigenvalue weighted by Crippen LogP contribution is 2.35. The van der Waals surface area contributed by atoms with Crippen LogP contribution in [0, 0.1) is 0 Å². The Hall–Kier alpha value is -2.24. The first-order valence-electron chi connectivity index (χ1n) is 7.25. The van der Waals surface area contributed by atoms with E-state index in [1.165, 1.54) is 0 Å². The molecule has 7 heteroatoms. The van der Waals surface area contributed by atoms with Crippen LogP contribution in [0.1, 0.15) is 11.1 Å². The minimum Gasteiger partial charge on any atom is -0.328 e. The summed E-state index contributed by atoms with van der Waals surface area (Å²) in [7, 11) is -1.83. The lowest BCUT2D eigenvalue weighted by atomic mass is 10.2. The molecule has 0 bridgehead atoms. The summed E-state index contributed by atoms with van der Waals surface area (Å²) < 4.78 is 10.5. The molecule has 0 atom stereocenters. The van der Waals surface area contributed by atoms with E-state index in [-0.39, 0.29) is 0 Å². The topological polar surface area (TPSA) is 77.4 Å². The predicted molar refractivity (Wildman–Crippen MR) is 91.4 cm³/mol. The van der Waals surface area contributed by atoms with Gasteiger partial charge in [0, 0.05) is 0 Å². The van der Waals surface area contributed by atoms with Gasteiger partial charge in [-0.05, 0) is 22.4 Å². The van der Waals surface area contributed by atoms with Crippen LogP contribution >= 0.6 is 8.60 Å². The second kappa shape index (κ2) is 11.3. The Bertz CT molecular complexity index is 589. The van der Waals surface area contributed by atoms with Gasteiger partial charge < -0.3 is 13.9 Å². The molecule has 0 spiro atoms. The first-order valence-corrected chi connectivity index (χ1v) is 8.38. The number of aromatic nitrogens is 3. The number of nitrogens with zero attached hydrogens (tertiary/aromatic N) is 3. The lowest BCUT2D eigenvalue weighted by Gasteiger charge is -2.10. The molecule has 1 heterocycles. The van der Waals surface area contributed by atoms with Crippen molar-refractivity contribution in [2.75, 3.05) is 0 Å². The van der Waals surface area contributed by atoms with Crippen molar-refractivity contribution in [1.82, 2.24) is 15.4 Å². The normalized spacial score (nSPS) is 10.1. The average molecular weight is 343 g/mol. The molecule has 0 saturated heterocycles. The summed E-state index contributed by atoms with van der Waals surface area (Å²) in [6, 6.07) is 21.1. The monoisotopic (exact) mass is 343 g/mol. The smallest absolute Gasteiger partial charge is 0.328 e. The van der Waals surface area contributed by atoms with Gasteiger partial charge >= 0.3 is 8.60 Å². The summed E-state index contributed by atoms with van der Waals surface area (Å²) in [6.45, 7) is 0.718. The number of rotatable bonds is 6. The van der Waals surface area contributed by atoms with E-state index < -0.39 is 8.60 Å². The molecule has 6 nitrogen and oxygen atoms in total. The van der Waals surface area contributed by atoms with Crippen LogP contribution in [0.2, 0.25) is 0 Å². The first kappa shape index (κ1) is 18.1. The van der Waals surface area contributed by atoms with Crippen LogP contribution < -0.4 is 0 Å². The van der Waals surface area contributed by atoms with Crippen molar-refractivity contribution in [3.05, 3.63) is 90.3 Å². The van der Waals surface area contributed by atoms with Crippen molar-refractivity contribution in [3.63, 3.8) is 0 Å². The lowest BCUT2D eigenvalue weighted by molar-refractivity contribution is 0.187. The van der Waals surface area contributed by atoms with E-state index in [2.05, 4.69) is 15.4 Å². The molecule has 3 aromatic rings. The van der Waals surface area contributed by atoms with Gasteiger partial charge in [0.05, 0.1) is 25.6 Å². The summed E-state index contributed by atoms with van der Waals surface area (Å²) >= 11 is 0. The quantitative estimate of drug-likeness (QED) is 0.690. The number of benzene rings is 2. The maximum Gasteiger partial charge on any atom is 0.330 e. The lowest BCUT2D eigenvalue weighted by Crippen LogP contribution is -1.92. The van der Waals surface area contributed by atoms with Crippen LogP contribution in [0.15, 0.2) is 79.1 Å². The van der Waals surface area contributed by atoms with E-state index in [0.717, 1.165) is 11.1 Å². The fourth-order valence-corrected chi connectivity index (χ4v) is 2.24. The molecule has 24 heavy (non-hydrogen) atoms. The number of hydrogen-bond acceptors (Lipinski definition) is 6. The Morgan fingerprint density at radius 2 is 1.17 bits per heavy atom. The van der Waals surface area contributed by atoms with Crippen molar-refractivity contribution < 1.29 is 13.9 Å². The third-order valence-electron chi connectivity index (χ3n) is 2.78. The Balaban J connectivity index is 0.000000292. The molecule has 1 N–H and O–H groups in total. The zero-order valence-electron chi connectivity index (χ0n) is 13.0. The highest BCUT2D eigenvalue weighted by Gasteiger charge is 2.07. The van der Waals surface area contributed by atoms with Crippen molar-refractivity contribution >= 4 is 8.60 Å². The summed E-state index contributed by atoms with van der Waals surface area (Å²) in [5, 5.41) is 10.1. The second-order valence-corrected chi connectivity index (χ2v) is 5.56. The highest BCUT2D eigenvalue weighted by atomic mass is 31.2. The van der Waals surface area contributed by atoms with Gasteiger partial charge in [0.1, 0.15) is 0 Å². The van der Waals surface area contributed by atoms with Crippen LogP contribution in [0.5, 0.6) is 0 Å². The molecular formula is C17H18N3O3P. The molecule has 0 unspecified atom stereocenters. The molecule has 0 aliphatic heterocycles. The van der Waals surface area contributed by atoms with E-state index >= 15 is 0 Å². The molecule has 0 saturated carbocycles. The molecule has 0 aliphatic rings. The molecule has 1 aromatic heterocycles. The average Bonchev–Trinajstić information content (AvgIpc) is 2.68. The van der Waals surface area contributed by atoms with Crippen LogP contribution in [0.25, 0.3) is 0 Å². The molecule has 0 amide bonds. The Kier molecular flexibility index (Phi) is 8.54. The first-order chi connectivity index (χ1) is 11.8. The van der Waals surface area contributed by atoms with Gasteiger partial charge in [0.2, 0.25) is 0 Å². The van der Waals surface area contributed by atoms with E-state index in [0.29, 0.717) is 13.2 Å². The van der Waals surface area contributed by atoms with Crippen LogP contribution in [-0.2, 0) is 22.3 Å². The fourth-order valence-electron chi connectivity index (χ4n) is 1.65. The SMILES string of the molecule is OP(OCc1ccccc1)OCc1ccccc1.c1cnnnc1. The third kappa shape index (κ3) is 7.85. The molecular weight excluding hydrogens is 325 g/mol. The van der Waals surface area contributed by atoms with Crippen LogP contribution in [0.3, 0.4) is 0 Å². The van der Waals surface area contributed by atoms with E-state index in [1.807, 2.05) is 60.7 Å². The molecule has 124 valence electrons. The summed E-state index contributed by atoms with van der Waals surface area (Å²) in [5.74, 6) is 0. The number of hydrogen-bond donors (Lipinski definition) is 1. The van der Waals surface area contributed by atoms with Gasteiger partial charge in [-0.15, -0.1) is 10.2 Å². The Morgan fingerprint density at radius 3 is 1.50 bits per heavy atom. The zero-order valence-corrected chi connectivity index (χ0v) is 13.9. The van der Waals surface area contributed by atoms with Crippen LogP contribution in [-0.4, -0.2) is 20.3 Å². The highest BCUT2D eigenvalue weighted by molar-refractivity contribution is 7.40. The third-order valence-corrected chi connectivity index (χ3v) is 3.48. The molecule has 0 fully saturated rings. The van der Waals surface area contributed by atoms with E-state index in [9.17, 15) is 4.89 Å². The molecule has 2 aromatic carbocycles. The Morgan fingerprint density at radius 1 is 0.708 bits per heavy atom. The second-order valence-electron chi connectivity index (χ2n) is 4.57. The summed E-state index contributed by atoms with van der Waals surface area (Å²) in [4.78, 5) is 9.59. The zero-order chi connectivity index (χ0) is 16.9. The van der Waals surface area contributed by atoms with E-state index in [1.54, 1.807) is 18.5 Å². The van der Waals surface area contributed by atoms with Gasteiger partial charge in [0.15, 0.2) is 0 Å². The summed E-state index contributed by atoms with van der Waals surface area (Å²) in [6.07, 6.45) is 3.15. The van der Waals surface area contributed by atoms with Gasteiger partial charge in [-0.1, -0.05) is 60.7 Å². The van der Waals surface area contributed by atoms with Gasteiger partial charge in [-0.25, -0.2) is 0 Å². The fraction of sp³-hybridized carbons (Fsp3) is 0.118. The minimum atomic E-state index is -1.83. The van der Waals surface area contributed by atoms with E-state index in [4.69, 9.17) is 9.05 Å². The Labute approximate surface area is 142 Å². The molecule has 3 rings (SSSR count). The predicted octanol–water partition coefficient (Wildman–Crippen LogP) is 3.51.